The monoisotopic (exact) mass is 323 g/mol. The average Bonchev–Trinajstić information content (AvgIpc) is 2.39. The van der Waals surface area contributed by atoms with Crippen LogP contribution in [-0.4, -0.2) is 16.5 Å². The van der Waals surface area contributed by atoms with Crippen LogP contribution in [0.25, 0.3) is 0 Å². The van der Waals surface area contributed by atoms with Gasteiger partial charge < -0.3 is 5.32 Å². The molecule has 0 bridgehead atoms. The second-order valence-electron chi connectivity index (χ2n) is 3.67. The minimum absolute atomic E-state index is 0.772. The molecule has 0 unspecified atom stereocenters. The fourth-order valence-electron chi connectivity index (χ4n) is 1.47. The Morgan fingerprint density at radius 2 is 2.06 bits per heavy atom. The standard InChI is InChI=1S/C13H14BrN3S/c1-2-15-9-10-4-5-11(14)8-12(10)18-13-16-6-3-7-17-13/h3-8,15H,2,9H2,1H3. The maximum absolute atomic E-state index is 4.24. The molecule has 0 aliphatic rings. The Kier molecular flexibility index (Phi) is 5.16. The quantitative estimate of drug-likeness (QED) is 0.854. The highest BCUT2D eigenvalue weighted by molar-refractivity contribution is 9.10. The van der Waals surface area contributed by atoms with Gasteiger partial charge in [-0.15, -0.1) is 0 Å². The predicted octanol–water partition coefficient (Wildman–Crippen LogP) is 3.50. The maximum atomic E-state index is 4.24. The van der Waals surface area contributed by atoms with E-state index in [0.717, 1.165) is 22.7 Å². The van der Waals surface area contributed by atoms with Gasteiger partial charge >= 0.3 is 0 Å². The lowest BCUT2D eigenvalue weighted by Crippen LogP contribution is -2.12. The van der Waals surface area contributed by atoms with Crippen molar-refractivity contribution in [2.24, 2.45) is 0 Å². The number of halogens is 1. The van der Waals surface area contributed by atoms with Gasteiger partial charge in [-0.3, -0.25) is 0 Å². The summed E-state index contributed by atoms with van der Waals surface area (Å²) in [5.41, 5.74) is 1.26. The van der Waals surface area contributed by atoms with Crippen LogP contribution in [0.4, 0.5) is 0 Å². The summed E-state index contributed by atoms with van der Waals surface area (Å²) in [6.07, 6.45) is 3.52. The average molecular weight is 324 g/mol. The summed E-state index contributed by atoms with van der Waals surface area (Å²) in [6.45, 7) is 3.92. The van der Waals surface area contributed by atoms with Gasteiger partial charge in [0.1, 0.15) is 0 Å². The van der Waals surface area contributed by atoms with E-state index in [1.165, 1.54) is 10.5 Å². The maximum Gasteiger partial charge on any atom is 0.192 e. The molecule has 1 aromatic heterocycles. The van der Waals surface area contributed by atoms with E-state index < -0.39 is 0 Å². The molecule has 0 fully saturated rings. The molecule has 0 atom stereocenters. The van der Waals surface area contributed by atoms with Gasteiger partial charge in [-0.1, -0.05) is 28.9 Å². The van der Waals surface area contributed by atoms with Crippen LogP contribution in [-0.2, 0) is 6.54 Å². The molecule has 94 valence electrons. The minimum Gasteiger partial charge on any atom is -0.313 e. The molecule has 5 heteroatoms. The largest absolute Gasteiger partial charge is 0.313 e. The summed E-state index contributed by atoms with van der Waals surface area (Å²) in [7, 11) is 0. The molecule has 1 aromatic carbocycles. The van der Waals surface area contributed by atoms with E-state index >= 15 is 0 Å². The first-order valence-corrected chi connectivity index (χ1v) is 7.34. The van der Waals surface area contributed by atoms with Gasteiger partial charge in [0.05, 0.1) is 0 Å². The summed E-state index contributed by atoms with van der Waals surface area (Å²) >= 11 is 5.09. The van der Waals surface area contributed by atoms with Crippen molar-refractivity contribution in [3.05, 3.63) is 46.7 Å². The van der Waals surface area contributed by atoms with Crippen LogP contribution in [0, 0.1) is 0 Å². The minimum atomic E-state index is 0.772. The molecule has 0 saturated heterocycles. The Bertz CT molecular complexity index is 505. The van der Waals surface area contributed by atoms with Crippen LogP contribution < -0.4 is 5.32 Å². The van der Waals surface area contributed by atoms with Crippen LogP contribution in [0.2, 0.25) is 0 Å². The van der Waals surface area contributed by atoms with Crippen LogP contribution in [0.1, 0.15) is 12.5 Å². The number of benzene rings is 1. The number of nitrogens with zero attached hydrogens (tertiary/aromatic N) is 2. The molecule has 0 amide bonds. The van der Waals surface area contributed by atoms with Crippen molar-refractivity contribution in [1.82, 2.24) is 15.3 Å². The molecular formula is C13H14BrN3S. The van der Waals surface area contributed by atoms with E-state index in [1.807, 2.05) is 6.07 Å². The SMILES string of the molecule is CCNCc1ccc(Br)cc1Sc1ncccn1. The zero-order chi connectivity index (χ0) is 12.8. The molecule has 2 rings (SSSR count). The molecule has 18 heavy (non-hydrogen) atoms. The topological polar surface area (TPSA) is 37.8 Å². The Balaban J connectivity index is 2.22. The van der Waals surface area contributed by atoms with Crippen molar-refractivity contribution in [3.63, 3.8) is 0 Å². The lowest BCUT2D eigenvalue weighted by molar-refractivity contribution is 0.717. The lowest BCUT2D eigenvalue weighted by Gasteiger charge is -2.09. The van der Waals surface area contributed by atoms with Gasteiger partial charge in [0, 0.05) is 28.3 Å². The summed E-state index contributed by atoms with van der Waals surface area (Å²) in [5.74, 6) is 0. The molecule has 0 aliphatic heterocycles. The number of hydrogen-bond acceptors (Lipinski definition) is 4. The van der Waals surface area contributed by atoms with Gasteiger partial charge in [-0.25, -0.2) is 9.97 Å². The Labute approximate surface area is 120 Å². The number of nitrogens with one attached hydrogen (secondary N) is 1. The van der Waals surface area contributed by atoms with Crippen molar-refractivity contribution in [3.8, 4) is 0 Å². The zero-order valence-electron chi connectivity index (χ0n) is 10.1. The number of rotatable bonds is 5. The van der Waals surface area contributed by atoms with Crippen molar-refractivity contribution in [2.45, 2.75) is 23.5 Å². The Morgan fingerprint density at radius 3 is 2.78 bits per heavy atom. The number of hydrogen-bond donors (Lipinski definition) is 1. The Morgan fingerprint density at radius 1 is 1.28 bits per heavy atom. The van der Waals surface area contributed by atoms with Crippen molar-refractivity contribution >= 4 is 27.7 Å². The first-order chi connectivity index (χ1) is 8.79. The summed E-state index contributed by atoms with van der Waals surface area (Å²) in [6, 6.07) is 8.11. The third-order valence-corrected chi connectivity index (χ3v) is 3.82. The van der Waals surface area contributed by atoms with Crippen molar-refractivity contribution in [2.75, 3.05) is 6.54 Å². The zero-order valence-corrected chi connectivity index (χ0v) is 12.5. The van der Waals surface area contributed by atoms with Crippen LogP contribution in [0.15, 0.2) is 51.2 Å². The molecular weight excluding hydrogens is 310 g/mol. The van der Waals surface area contributed by atoms with E-state index in [1.54, 1.807) is 24.2 Å². The second-order valence-corrected chi connectivity index (χ2v) is 5.59. The van der Waals surface area contributed by atoms with E-state index in [-0.39, 0.29) is 0 Å². The van der Waals surface area contributed by atoms with Gasteiger partial charge in [0.2, 0.25) is 0 Å². The smallest absolute Gasteiger partial charge is 0.192 e. The van der Waals surface area contributed by atoms with Gasteiger partial charge in [0.15, 0.2) is 5.16 Å². The van der Waals surface area contributed by atoms with Gasteiger partial charge in [-0.2, -0.15) is 0 Å². The summed E-state index contributed by atoms with van der Waals surface area (Å²) in [5, 5.41) is 4.11. The van der Waals surface area contributed by atoms with E-state index in [9.17, 15) is 0 Å². The van der Waals surface area contributed by atoms with Crippen LogP contribution >= 0.6 is 27.7 Å². The molecule has 2 aromatic rings. The second kappa shape index (κ2) is 6.87. The van der Waals surface area contributed by atoms with Crippen LogP contribution in [0.5, 0.6) is 0 Å². The van der Waals surface area contributed by atoms with E-state index in [0.29, 0.717) is 0 Å². The fourth-order valence-corrected chi connectivity index (χ4v) is 2.86. The molecule has 1 heterocycles. The highest BCUT2D eigenvalue weighted by atomic mass is 79.9. The molecule has 0 saturated carbocycles. The van der Waals surface area contributed by atoms with Crippen LogP contribution in [0.3, 0.4) is 0 Å². The highest BCUT2D eigenvalue weighted by Crippen LogP contribution is 2.30. The first-order valence-electron chi connectivity index (χ1n) is 5.73. The first kappa shape index (κ1) is 13.5. The van der Waals surface area contributed by atoms with Gasteiger partial charge in [0.25, 0.3) is 0 Å². The highest BCUT2D eigenvalue weighted by Gasteiger charge is 2.06. The van der Waals surface area contributed by atoms with E-state index in [2.05, 4.69) is 56.3 Å². The molecule has 0 spiro atoms. The fraction of sp³-hybridized carbons (Fsp3) is 0.231. The molecule has 1 N–H and O–H groups in total. The molecule has 0 aliphatic carbocycles. The van der Waals surface area contributed by atoms with Gasteiger partial charge in [-0.05, 0) is 42.1 Å². The summed E-state index contributed by atoms with van der Waals surface area (Å²) in [4.78, 5) is 9.66. The third kappa shape index (κ3) is 3.80. The van der Waals surface area contributed by atoms with Crippen molar-refractivity contribution in [1.29, 1.82) is 0 Å². The normalized spacial score (nSPS) is 10.6. The summed E-state index contributed by atoms with van der Waals surface area (Å²) < 4.78 is 1.07. The lowest BCUT2D eigenvalue weighted by atomic mass is 10.2. The third-order valence-electron chi connectivity index (χ3n) is 2.34. The Hall–Kier alpha value is -0.910. The predicted molar refractivity (Wildman–Crippen MR) is 77.7 cm³/mol. The van der Waals surface area contributed by atoms with Crippen molar-refractivity contribution < 1.29 is 0 Å². The number of aromatic nitrogens is 2. The molecule has 0 radical (unpaired) electrons. The molecule has 3 nitrogen and oxygen atoms in total. The van der Waals surface area contributed by atoms with E-state index in [4.69, 9.17) is 0 Å².